The molecule has 1 atom stereocenters. The number of benzene rings is 2. The maximum atomic E-state index is 11.7. The van der Waals surface area contributed by atoms with Gasteiger partial charge in [0.25, 0.3) is 0 Å². The molecule has 4 heteroatoms. The maximum Gasteiger partial charge on any atom is 0.159 e. The van der Waals surface area contributed by atoms with Crippen molar-refractivity contribution in [2.24, 2.45) is 0 Å². The van der Waals surface area contributed by atoms with Gasteiger partial charge in [-0.15, -0.1) is 0 Å². The summed E-state index contributed by atoms with van der Waals surface area (Å²) in [6.45, 7) is 6.05. The summed E-state index contributed by atoms with van der Waals surface area (Å²) in [6.07, 6.45) is 3.36. The van der Waals surface area contributed by atoms with E-state index in [-0.39, 0.29) is 5.78 Å². The van der Waals surface area contributed by atoms with Gasteiger partial charge in [-0.05, 0) is 75.2 Å². The second-order valence-corrected chi connectivity index (χ2v) is 7.67. The van der Waals surface area contributed by atoms with Crippen molar-refractivity contribution in [3.05, 3.63) is 59.4 Å². The normalized spacial score (nSPS) is 18.1. The second-order valence-electron chi connectivity index (χ2n) is 7.67. The van der Waals surface area contributed by atoms with E-state index in [1.807, 2.05) is 18.2 Å². The van der Waals surface area contributed by atoms with E-state index in [0.29, 0.717) is 11.5 Å². The number of likely N-dealkylation sites (N-methyl/N-ethyl adjacent to an activating group) is 1. The predicted molar refractivity (Wildman–Crippen MR) is 110 cm³/mol. The Balaban J connectivity index is 1.79. The van der Waals surface area contributed by atoms with Gasteiger partial charge in [0.2, 0.25) is 0 Å². The summed E-state index contributed by atoms with van der Waals surface area (Å²) in [5.41, 5.74) is 5.24. The molecule has 1 aliphatic heterocycles. The van der Waals surface area contributed by atoms with Crippen LogP contribution in [0.5, 0.6) is 0 Å². The third-order valence-corrected chi connectivity index (χ3v) is 5.67. The lowest BCUT2D eigenvalue weighted by atomic mass is 9.90. The summed E-state index contributed by atoms with van der Waals surface area (Å²) < 4.78 is 2.25. The lowest BCUT2D eigenvalue weighted by Gasteiger charge is -2.30. The average molecular weight is 361 g/mol. The molecule has 1 saturated heterocycles. The molecule has 1 aromatic heterocycles. The zero-order valence-corrected chi connectivity index (χ0v) is 16.4. The molecule has 0 bridgehead atoms. The van der Waals surface area contributed by atoms with Crippen molar-refractivity contribution in [3.8, 4) is 5.69 Å². The first kappa shape index (κ1) is 17.9. The van der Waals surface area contributed by atoms with Crippen LogP contribution in [0.2, 0.25) is 0 Å². The molecule has 1 fully saturated rings. The van der Waals surface area contributed by atoms with Gasteiger partial charge in [-0.25, -0.2) is 4.98 Å². The van der Waals surface area contributed by atoms with Crippen molar-refractivity contribution < 1.29 is 4.79 Å². The molecule has 0 amide bonds. The molecule has 4 rings (SSSR count). The summed E-state index contributed by atoms with van der Waals surface area (Å²) in [7, 11) is 2.21. The Kier molecular flexibility index (Phi) is 4.83. The number of fused-ring (bicyclic) bond motifs is 1. The average Bonchev–Trinajstić information content (AvgIpc) is 3.06. The van der Waals surface area contributed by atoms with E-state index in [0.717, 1.165) is 35.5 Å². The van der Waals surface area contributed by atoms with E-state index in [2.05, 4.69) is 47.7 Å². The minimum atomic E-state index is 0.0768. The minimum absolute atomic E-state index is 0.0768. The summed E-state index contributed by atoms with van der Waals surface area (Å²) in [4.78, 5) is 19.0. The van der Waals surface area contributed by atoms with Crippen molar-refractivity contribution in [2.45, 2.75) is 39.0 Å². The number of imidazole rings is 1. The van der Waals surface area contributed by atoms with Gasteiger partial charge >= 0.3 is 0 Å². The minimum Gasteiger partial charge on any atom is -0.306 e. The molecular formula is C23H27N3O. The van der Waals surface area contributed by atoms with E-state index in [1.165, 1.54) is 24.9 Å². The van der Waals surface area contributed by atoms with Crippen LogP contribution in [-0.2, 0) is 6.42 Å². The predicted octanol–water partition coefficient (Wildman–Crippen LogP) is 4.60. The number of hydrogen-bond donors (Lipinski definition) is 0. The van der Waals surface area contributed by atoms with Crippen LogP contribution in [0.1, 0.15) is 54.4 Å². The lowest BCUT2D eigenvalue weighted by Crippen LogP contribution is -2.30. The molecule has 0 spiro atoms. The van der Waals surface area contributed by atoms with E-state index in [1.54, 1.807) is 6.92 Å². The summed E-state index contributed by atoms with van der Waals surface area (Å²) >= 11 is 0. The number of carbonyl (C=O) groups excluding carboxylic acids is 1. The summed E-state index contributed by atoms with van der Waals surface area (Å²) in [6, 6.07) is 14.7. The van der Waals surface area contributed by atoms with Gasteiger partial charge in [0, 0.05) is 24.2 Å². The third kappa shape index (κ3) is 3.42. The molecule has 2 heterocycles. The fraction of sp³-hybridized carbons (Fsp3) is 0.391. The Bertz CT molecular complexity index is 988. The highest BCUT2D eigenvalue weighted by Crippen LogP contribution is 2.29. The zero-order chi connectivity index (χ0) is 19.0. The number of hydrogen-bond acceptors (Lipinski definition) is 3. The van der Waals surface area contributed by atoms with E-state index >= 15 is 0 Å². The molecule has 4 nitrogen and oxygen atoms in total. The van der Waals surface area contributed by atoms with Gasteiger partial charge in [-0.1, -0.05) is 19.1 Å². The maximum absolute atomic E-state index is 11.7. The number of piperidine rings is 1. The molecule has 2 aromatic carbocycles. The Morgan fingerprint density at radius 2 is 2.07 bits per heavy atom. The highest BCUT2D eigenvalue weighted by molar-refractivity contribution is 5.97. The Morgan fingerprint density at radius 1 is 1.22 bits per heavy atom. The highest BCUT2D eigenvalue weighted by atomic mass is 16.1. The SMILES string of the molecule is CCc1nc2cc(C(C)=O)ccc2n1-c1cccc(C2CCCN(C)C2)c1. The molecule has 1 unspecified atom stereocenters. The first-order valence-electron chi connectivity index (χ1n) is 9.88. The van der Waals surface area contributed by atoms with Gasteiger partial charge < -0.3 is 4.90 Å². The molecule has 0 radical (unpaired) electrons. The van der Waals surface area contributed by atoms with Gasteiger partial charge in [0.1, 0.15) is 5.82 Å². The van der Waals surface area contributed by atoms with Crippen LogP contribution in [0.4, 0.5) is 0 Å². The van der Waals surface area contributed by atoms with Crippen LogP contribution >= 0.6 is 0 Å². The number of rotatable bonds is 4. The molecule has 140 valence electrons. The van der Waals surface area contributed by atoms with Gasteiger partial charge in [0.15, 0.2) is 5.78 Å². The smallest absolute Gasteiger partial charge is 0.159 e. The topological polar surface area (TPSA) is 38.1 Å². The second kappa shape index (κ2) is 7.28. The standard InChI is InChI=1S/C23H27N3O/c1-4-23-24-21-14-17(16(2)27)10-11-22(21)26(23)20-9-5-7-18(13-20)19-8-6-12-25(3)15-19/h5,7,9-11,13-14,19H,4,6,8,12,15H2,1-3H3. The van der Waals surface area contributed by atoms with Gasteiger partial charge in [-0.2, -0.15) is 0 Å². The molecule has 3 aromatic rings. The van der Waals surface area contributed by atoms with E-state index < -0.39 is 0 Å². The van der Waals surface area contributed by atoms with Gasteiger partial charge in [-0.3, -0.25) is 9.36 Å². The van der Waals surface area contributed by atoms with Crippen LogP contribution in [0.25, 0.3) is 16.7 Å². The van der Waals surface area contributed by atoms with Gasteiger partial charge in [0.05, 0.1) is 11.0 Å². The summed E-state index contributed by atoms with van der Waals surface area (Å²) in [5, 5.41) is 0. The van der Waals surface area contributed by atoms with Crippen LogP contribution in [-0.4, -0.2) is 40.4 Å². The van der Waals surface area contributed by atoms with Crippen molar-refractivity contribution in [3.63, 3.8) is 0 Å². The van der Waals surface area contributed by atoms with Crippen molar-refractivity contribution in [2.75, 3.05) is 20.1 Å². The first-order valence-corrected chi connectivity index (χ1v) is 9.88. The Hall–Kier alpha value is -2.46. The lowest BCUT2D eigenvalue weighted by molar-refractivity contribution is 0.101. The fourth-order valence-corrected chi connectivity index (χ4v) is 4.23. The number of aromatic nitrogens is 2. The van der Waals surface area contributed by atoms with Crippen LogP contribution in [0.3, 0.4) is 0 Å². The van der Waals surface area contributed by atoms with Crippen LogP contribution in [0, 0.1) is 0 Å². The molecule has 0 aliphatic carbocycles. The summed E-state index contributed by atoms with van der Waals surface area (Å²) in [5.74, 6) is 1.70. The van der Waals surface area contributed by atoms with Crippen molar-refractivity contribution >= 4 is 16.8 Å². The zero-order valence-electron chi connectivity index (χ0n) is 16.4. The van der Waals surface area contributed by atoms with E-state index in [9.17, 15) is 4.79 Å². The Morgan fingerprint density at radius 3 is 2.81 bits per heavy atom. The fourth-order valence-electron chi connectivity index (χ4n) is 4.23. The number of Topliss-reactive ketones (excluding diaryl/α,β-unsaturated/α-hetero) is 1. The largest absolute Gasteiger partial charge is 0.306 e. The first-order chi connectivity index (χ1) is 13.1. The quantitative estimate of drug-likeness (QED) is 0.638. The number of likely N-dealkylation sites (tertiary alicyclic amines) is 1. The molecule has 27 heavy (non-hydrogen) atoms. The Labute approximate surface area is 160 Å². The molecular weight excluding hydrogens is 334 g/mol. The number of carbonyl (C=O) groups is 1. The third-order valence-electron chi connectivity index (χ3n) is 5.67. The van der Waals surface area contributed by atoms with Crippen molar-refractivity contribution in [1.29, 1.82) is 0 Å². The van der Waals surface area contributed by atoms with Crippen molar-refractivity contribution in [1.82, 2.24) is 14.5 Å². The number of ketones is 1. The van der Waals surface area contributed by atoms with E-state index in [4.69, 9.17) is 4.98 Å². The number of nitrogens with zero attached hydrogens (tertiary/aromatic N) is 3. The molecule has 0 saturated carbocycles. The molecule has 1 aliphatic rings. The van der Waals surface area contributed by atoms with Crippen LogP contribution < -0.4 is 0 Å². The highest BCUT2D eigenvalue weighted by Gasteiger charge is 2.20. The van der Waals surface area contributed by atoms with Crippen LogP contribution in [0.15, 0.2) is 42.5 Å². The molecule has 0 N–H and O–H groups in total. The number of aryl methyl sites for hydroxylation is 1. The monoisotopic (exact) mass is 361 g/mol.